The third-order valence-electron chi connectivity index (χ3n) is 3.42. The van der Waals surface area contributed by atoms with E-state index >= 15 is 0 Å². The van der Waals surface area contributed by atoms with Gasteiger partial charge in [-0.15, -0.1) is 12.6 Å². The van der Waals surface area contributed by atoms with Crippen LogP contribution in [0.4, 0.5) is 0 Å². The summed E-state index contributed by atoms with van der Waals surface area (Å²) >= 11 is 4.69. The molecule has 0 fully saturated rings. The van der Waals surface area contributed by atoms with Gasteiger partial charge >= 0.3 is 0 Å². The van der Waals surface area contributed by atoms with E-state index in [0.717, 1.165) is 12.8 Å². The molecule has 80 valence electrons. The molecule has 0 heterocycles. The van der Waals surface area contributed by atoms with Crippen molar-refractivity contribution in [3.05, 3.63) is 53.1 Å². The van der Waals surface area contributed by atoms with Crippen molar-refractivity contribution in [1.29, 1.82) is 0 Å². The summed E-state index contributed by atoms with van der Waals surface area (Å²) in [5, 5.41) is 0. The van der Waals surface area contributed by atoms with E-state index < -0.39 is 0 Å². The molecule has 0 bridgehead atoms. The largest absolute Gasteiger partial charge is 0.143 e. The zero-order valence-electron chi connectivity index (χ0n) is 9.33. The van der Waals surface area contributed by atoms with Crippen molar-refractivity contribution in [2.24, 2.45) is 0 Å². The molecular formula is C15H14S. The molecule has 0 atom stereocenters. The van der Waals surface area contributed by atoms with Gasteiger partial charge in [0, 0.05) is 4.90 Å². The van der Waals surface area contributed by atoms with Crippen LogP contribution in [0, 0.1) is 0 Å². The highest BCUT2D eigenvalue weighted by Crippen LogP contribution is 2.40. The van der Waals surface area contributed by atoms with Gasteiger partial charge in [0.15, 0.2) is 0 Å². The minimum absolute atomic E-state index is 1.04. The van der Waals surface area contributed by atoms with Crippen LogP contribution in [0.1, 0.15) is 23.6 Å². The lowest BCUT2D eigenvalue weighted by Gasteiger charge is -2.08. The molecule has 0 nitrogen and oxygen atoms in total. The van der Waals surface area contributed by atoms with E-state index in [9.17, 15) is 0 Å². The van der Waals surface area contributed by atoms with Gasteiger partial charge in [-0.05, 0) is 40.7 Å². The van der Waals surface area contributed by atoms with Crippen LogP contribution in [-0.4, -0.2) is 0 Å². The summed E-state index contributed by atoms with van der Waals surface area (Å²) < 4.78 is 0. The third-order valence-corrected chi connectivity index (χ3v) is 3.98. The average Bonchev–Trinajstić information content (AvgIpc) is 2.69. The Morgan fingerprint density at radius 3 is 2.69 bits per heavy atom. The molecule has 1 aliphatic rings. The molecule has 0 radical (unpaired) electrons. The highest BCUT2D eigenvalue weighted by Gasteiger charge is 2.20. The second kappa shape index (κ2) is 3.67. The normalized spacial score (nSPS) is 12.4. The summed E-state index contributed by atoms with van der Waals surface area (Å²) in [6.07, 6.45) is 2.10. The van der Waals surface area contributed by atoms with Crippen molar-refractivity contribution in [3.8, 4) is 11.1 Å². The molecular weight excluding hydrogens is 212 g/mol. The summed E-state index contributed by atoms with van der Waals surface area (Å²) in [5.74, 6) is 0. The number of fused-ring (bicyclic) bond motifs is 3. The Labute approximate surface area is 102 Å². The van der Waals surface area contributed by atoms with Crippen molar-refractivity contribution in [2.75, 3.05) is 0 Å². The standard InChI is InChI=1S/C15H14S/c1-2-10-7-8-13-12-6-4-3-5-11(12)9-14(13)15(10)16/h3-8,16H,2,9H2,1H3. The average molecular weight is 226 g/mol. The van der Waals surface area contributed by atoms with Crippen LogP contribution in [-0.2, 0) is 12.8 Å². The van der Waals surface area contributed by atoms with Gasteiger partial charge in [-0.3, -0.25) is 0 Å². The fourth-order valence-corrected chi connectivity index (χ4v) is 2.96. The van der Waals surface area contributed by atoms with E-state index in [1.165, 1.54) is 32.7 Å². The van der Waals surface area contributed by atoms with Gasteiger partial charge in [-0.1, -0.05) is 43.3 Å². The first-order chi connectivity index (χ1) is 7.81. The van der Waals surface area contributed by atoms with Crippen LogP contribution in [0.3, 0.4) is 0 Å². The van der Waals surface area contributed by atoms with E-state index in [2.05, 4.69) is 56.0 Å². The number of benzene rings is 2. The van der Waals surface area contributed by atoms with Crippen molar-refractivity contribution in [2.45, 2.75) is 24.7 Å². The Morgan fingerprint density at radius 2 is 1.88 bits per heavy atom. The Bertz CT molecular complexity index is 555. The summed E-state index contributed by atoms with van der Waals surface area (Å²) in [6.45, 7) is 2.18. The SMILES string of the molecule is CCc1ccc2c(c1S)Cc1ccccc1-2. The summed E-state index contributed by atoms with van der Waals surface area (Å²) in [5.41, 5.74) is 6.95. The second-order valence-electron chi connectivity index (χ2n) is 4.29. The van der Waals surface area contributed by atoms with Crippen molar-refractivity contribution in [3.63, 3.8) is 0 Å². The fraction of sp³-hybridized carbons (Fsp3) is 0.200. The molecule has 2 aromatic carbocycles. The fourth-order valence-electron chi connectivity index (χ4n) is 2.53. The lowest BCUT2D eigenvalue weighted by molar-refractivity contribution is 1.05. The van der Waals surface area contributed by atoms with Crippen molar-refractivity contribution < 1.29 is 0 Å². The van der Waals surface area contributed by atoms with Crippen LogP contribution in [0.25, 0.3) is 11.1 Å². The first-order valence-corrected chi connectivity index (χ1v) is 6.18. The van der Waals surface area contributed by atoms with E-state index in [1.54, 1.807) is 0 Å². The molecule has 0 aliphatic heterocycles. The number of rotatable bonds is 1. The van der Waals surface area contributed by atoms with Crippen molar-refractivity contribution in [1.82, 2.24) is 0 Å². The smallest absolute Gasteiger partial charge is 0.0114 e. The van der Waals surface area contributed by atoms with Crippen molar-refractivity contribution >= 4 is 12.6 Å². The maximum absolute atomic E-state index is 4.69. The predicted octanol–water partition coefficient (Wildman–Crippen LogP) is 4.11. The Hall–Kier alpha value is -1.21. The van der Waals surface area contributed by atoms with Crippen LogP contribution in [0.15, 0.2) is 41.3 Å². The van der Waals surface area contributed by atoms with E-state index in [4.69, 9.17) is 0 Å². The Balaban J connectivity index is 2.24. The Morgan fingerprint density at radius 1 is 1.06 bits per heavy atom. The van der Waals surface area contributed by atoms with Gasteiger partial charge < -0.3 is 0 Å². The second-order valence-corrected chi connectivity index (χ2v) is 4.73. The number of hydrogen-bond donors (Lipinski definition) is 1. The first-order valence-electron chi connectivity index (χ1n) is 5.73. The minimum atomic E-state index is 1.04. The zero-order valence-corrected chi connectivity index (χ0v) is 10.2. The zero-order chi connectivity index (χ0) is 11.1. The molecule has 0 unspecified atom stereocenters. The van der Waals surface area contributed by atoms with Crippen LogP contribution >= 0.6 is 12.6 Å². The lowest BCUT2D eigenvalue weighted by atomic mass is 10.0. The molecule has 16 heavy (non-hydrogen) atoms. The number of thiol groups is 1. The van der Waals surface area contributed by atoms with Crippen LogP contribution < -0.4 is 0 Å². The van der Waals surface area contributed by atoms with E-state index in [1.807, 2.05) is 0 Å². The van der Waals surface area contributed by atoms with Crippen LogP contribution in [0.2, 0.25) is 0 Å². The van der Waals surface area contributed by atoms with Gasteiger partial charge in [-0.25, -0.2) is 0 Å². The van der Waals surface area contributed by atoms with Crippen LogP contribution in [0.5, 0.6) is 0 Å². The van der Waals surface area contributed by atoms with E-state index in [-0.39, 0.29) is 0 Å². The van der Waals surface area contributed by atoms with Gasteiger partial charge in [0.1, 0.15) is 0 Å². The van der Waals surface area contributed by atoms with Gasteiger partial charge in [0.2, 0.25) is 0 Å². The molecule has 2 aromatic rings. The molecule has 0 saturated carbocycles. The number of hydrogen-bond acceptors (Lipinski definition) is 1. The Kier molecular flexibility index (Phi) is 2.29. The molecule has 1 aliphatic carbocycles. The molecule has 1 heteroatoms. The van der Waals surface area contributed by atoms with Gasteiger partial charge in [-0.2, -0.15) is 0 Å². The molecule has 0 N–H and O–H groups in total. The predicted molar refractivity (Wildman–Crippen MR) is 71.3 cm³/mol. The first kappa shape index (κ1) is 9.98. The summed E-state index contributed by atoms with van der Waals surface area (Å²) in [4.78, 5) is 1.19. The molecule has 0 aromatic heterocycles. The quantitative estimate of drug-likeness (QED) is 0.593. The third kappa shape index (κ3) is 1.31. The topological polar surface area (TPSA) is 0 Å². The molecule has 3 rings (SSSR count). The molecule has 0 spiro atoms. The van der Waals surface area contributed by atoms with E-state index in [0.29, 0.717) is 0 Å². The maximum Gasteiger partial charge on any atom is 0.0114 e. The minimum Gasteiger partial charge on any atom is -0.143 e. The highest BCUT2D eigenvalue weighted by atomic mass is 32.1. The monoisotopic (exact) mass is 226 g/mol. The summed E-state index contributed by atoms with van der Waals surface area (Å²) in [7, 11) is 0. The lowest BCUT2D eigenvalue weighted by Crippen LogP contribution is -1.90. The number of aryl methyl sites for hydroxylation is 1. The van der Waals surface area contributed by atoms with Gasteiger partial charge in [0.25, 0.3) is 0 Å². The molecule has 0 saturated heterocycles. The van der Waals surface area contributed by atoms with Gasteiger partial charge in [0.05, 0.1) is 0 Å². The molecule has 0 amide bonds. The summed E-state index contributed by atoms with van der Waals surface area (Å²) in [6, 6.07) is 13.1. The maximum atomic E-state index is 4.69. The highest BCUT2D eigenvalue weighted by molar-refractivity contribution is 7.80.